The maximum atomic E-state index is 8.83. The van der Waals surface area contributed by atoms with Gasteiger partial charge in [0.05, 0.1) is 5.69 Å². The molecule has 0 fully saturated rings. The molecule has 0 heterocycles. The fraction of sp³-hybridized carbons (Fsp3) is 0. The summed E-state index contributed by atoms with van der Waals surface area (Å²) in [4.78, 5) is 0. The summed E-state index contributed by atoms with van der Waals surface area (Å²) in [6.07, 6.45) is 0. The molecular formula is C6H8BrNO2. The first kappa shape index (κ1) is 9.10. The molecule has 0 spiro atoms. The zero-order valence-electron chi connectivity index (χ0n) is 5.11. The zero-order valence-corrected chi connectivity index (χ0v) is 6.83. The van der Waals surface area contributed by atoms with Crippen LogP contribution in [0.25, 0.3) is 0 Å². The Labute approximate surface area is 68.9 Å². The highest BCUT2D eigenvalue weighted by Gasteiger charge is 1.98. The average Bonchev–Trinajstić information content (AvgIpc) is 1.83. The number of para-hydroxylation sites is 1. The molecule has 0 bridgehead atoms. The molecule has 1 aromatic carbocycles. The van der Waals surface area contributed by atoms with Gasteiger partial charge in [-0.25, -0.2) is 0 Å². The van der Waals surface area contributed by atoms with Crippen molar-refractivity contribution in [2.45, 2.75) is 0 Å². The van der Waals surface area contributed by atoms with Crippen LogP contribution in [0.15, 0.2) is 18.2 Å². The number of anilines is 1. The minimum absolute atomic E-state index is 0. The SMILES string of the molecule is Br.Nc1cccc(O)c1O. The van der Waals surface area contributed by atoms with E-state index in [-0.39, 0.29) is 34.2 Å². The van der Waals surface area contributed by atoms with Crippen LogP contribution in [0, 0.1) is 0 Å². The smallest absolute Gasteiger partial charge is 0.180 e. The predicted octanol–water partition coefficient (Wildman–Crippen LogP) is 1.26. The van der Waals surface area contributed by atoms with Gasteiger partial charge in [0, 0.05) is 0 Å². The van der Waals surface area contributed by atoms with Gasteiger partial charge in [-0.3, -0.25) is 0 Å². The van der Waals surface area contributed by atoms with Gasteiger partial charge in [-0.2, -0.15) is 0 Å². The second-order valence-corrected chi connectivity index (χ2v) is 1.71. The average molecular weight is 206 g/mol. The molecule has 4 N–H and O–H groups in total. The fourth-order valence-corrected chi connectivity index (χ4v) is 0.549. The fourth-order valence-electron chi connectivity index (χ4n) is 0.549. The second kappa shape index (κ2) is 3.31. The predicted molar refractivity (Wildman–Crippen MR) is 44.5 cm³/mol. The molecule has 10 heavy (non-hydrogen) atoms. The van der Waals surface area contributed by atoms with Crippen molar-refractivity contribution in [3.05, 3.63) is 18.2 Å². The summed E-state index contributed by atoms with van der Waals surface area (Å²) >= 11 is 0. The highest BCUT2D eigenvalue weighted by molar-refractivity contribution is 8.93. The summed E-state index contributed by atoms with van der Waals surface area (Å²) in [6, 6.07) is 4.44. The van der Waals surface area contributed by atoms with E-state index < -0.39 is 0 Å². The molecule has 0 aromatic heterocycles. The Morgan fingerprint density at radius 2 is 1.80 bits per heavy atom. The van der Waals surface area contributed by atoms with Crippen LogP contribution >= 0.6 is 17.0 Å². The number of aromatic hydroxyl groups is 2. The summed E-state index contributed by atoms with van der Waals surface area (Å²) in [7, 11) is 0. The normalized spacial score (nSPS) is 8.40. The molecule has 1 aromatic rings. The molecule has 4 heteroatoms. The number of nitrogens with two attached hydrogens (primary N) is 1. The number of hydrogen-bond acceptors (Lipinski definition) is 3. The van der Waals surface area contributed by atoms with Gasteiger partial charge < -0.3 is 15.9 Å². The largest absolute Gasteiger partial charge is 0.504 e. The van der Waals surface area contributed by atoms with Gasteiger partial charge >= 0.3 is 0 Å². The number of nitrogen functional groups attached to an aromatic ring is 1. The Hall–Kier alpha value is -0.900. The summed E-state index contributed by atoms with van der Waals surface area (Å²) in [5, 5.41) is 17.6. The molecule has 0 aliphatic rings. The van der Waals surface area contributed by atoms with Gasteiger partial charge in [-0.05, 0) is 12.1 Å². The molecule has 1 rings (SSSR count). The molecule has 0 radical (unpaired) electrons. The van der Waals surface area contributed by atoms with Crippen molar-refractivity contribution in [2.24, 2.45) is 0 Å². The van der Waals surface area contributed by atoms with E-state index in [1.165, 1.54) is 12.1 Å². The molecule has 3 nitrogen and oxygen atoms in total. The molecule has 0 aliphatic carbocycles. The number of halogens is 1. The topological polar surface area (TPSA) is 66.5 Å². The molecular weight excluding hydrogens is 198 g/mol. The maximum absolute atomic E-state index is 8.83. The van der Waals surface area contributed by atoms with Crippen LogP contribution in [-0.2, 0) is 0 Å². The highest BCUT2D eigenvalue weighted by atomic mass is 79.9. The molecule has 0 unspecified atom stereocenters. The molecule has 0 saturated carbocycles. The molecule has 0 amide bonds. The van der Waals surface area contributed by atoms with Crippen molar-refractivity contribution >= 4 is 22.7 Å². The molecule has 56 valence electrons. The third kappa shape index (κ3) is 1.54. The Balaban J connectivity index is 0.000000810. The Bertz CT molecular complexity index is 207. The van der Waals surface area contributed by atoms with Crippen LogP contribution in [0.4, 0.5) is 5.69 Å². The van der Waals surface area contributed by atoms with E-state index in [4.69, 9.17) is 15.9 Å². The molecule has 0 atom stereocenters. The van der Waals surface area contributed by atoms with E-state index in [2.05, 4.69) is 0 Å². The molecule has 0 saturated heterocycles. The minimum Gasteiger partial charge on any atom is -0.504 e. The van der Waals surface area contributed by atoms with Gasteiger partial charge in [0.25, 0.3) is 0 Å². The van der Waals surface area contributed by atoms with Crippen molar-refractivity contribution in [1.82, 2.24) is 0 Å². The third-order valence-electron chi connectivity index (χ3n) is 1.05. The maximum Gasteiger partial charge on any atom is 0.180 e. The van der Waals surface area contributed by atoms with Gasteiger partial charge in [-0.1, -0.05) is 6.07 Å². The van der Waals surface area contributed by atoms with Crippen molar-refractivity contribution < 1.29 is 10.2 Å². The van der Waals surface area contributed by atoms with Gasteiger partial charge in [-0.15, -0.1) is 17.0 Å². The summed E-state index contributed by atoms with van der Waals surface area (Å²) in [6.45, 7) is 0. The first-order valence-corrected chi connectivity index (χ1v) is 2.48. The highest BCUT2D eigenvalue weighted by Crippen LogP contribution is 2.29. The number of phenols is 2. The lowest BCUT2D eigenvalue weighted by molar-refractivity contribution is 0.405. The summed E-state index contributed by atoms with van der Waals surface area (Å²) < 4.78 is 0. The minimum atomic E-state index is -0.252. The lowest BCUT2D eigenvalue weighted by Gasteiger charge is -1.97. The van der Waals surface area contributed by atoms with Crippen LogP contribution in [0.3, 0.4) is 0 Å². The number of hydrogen-bond donors (Lipinski definition) is 3. The Morgan fingerprint density at radius 1 is 1.20 bits per heavy atom. The van der Waals surface area contributed by atoms with E-state index in [9.17, 15) is 0 Å². The van der Waals surface area contributed by atoms with Crippen LogP contribution in [0.2, 0.25) is 0 Å². The summed E-state index contributed by atoms with van der Waals surface area (Å²) in [5.74, 6) is -0.437. The second-order valence-electron chi connectivity index (χ2n) is 1.71. The first-order valence-electron chi connectivity index (χ1n) is 2.48. The van der Waals surface area contributed by atoms with Crippen molar-refractivity contribution in [3.8, 4) is 11.5 Å². The van der Waals surface area contributed by atoms with Crippen LogP contribution in [-0.4, -0.2) is 10.2 Å². The van der Waals surface area contributed by atoms with Crippen LogP contribution in [0.5, 0.6) is 11.5 Å². The van der Waals surface area contributed by atoms with Gasteiger partial charge in [0.1, 0.15) is 0 Å². The Kier molecular flexibility index (Phi) is 3.02. The standard InChI is InChI=1S/C6H7NO2.BrH/c7-4-2-1-3-5(8)6(4)9;/h1-3,8-9H,7H2;1H. The van der Waals surface area contributed by atoms with Gasteiger partial charge in [0.15, 0.2) is 11.5 Å². The van der Waals surface area contributed by atoms with E-state index in [0.717, 1.165) is 0 Å². The first-order chi connectivity index (χ1) is 4.22. The lowest BCUT2D eigenvalue weighted by Crippen LogP contribution is -1.83. The lowest BCUT2D eigenvalue weighted by atomic mass is 10.3. The van der Waals surface area contributed by atoms with E-state index in [1.807, 2.05) is 0 Å². The zero-order chi connectivity index (χ0) is 6.85. The Morgan fingerprint density at radius 3 is 2.20 bits per heavy atom. The monoisotopic (exact) mass is 205 g/mol. The molecule has 0 aliphatic heterocycles. The van der Waals surface area contributed by atoms with Gasteiger partial charge in [0.2, 0.25) is 0 Å². The van der Waals surface area contributed by atoms with E-state index in [0.29, 0.717) is 0 Å². The van der Waals surface area contributed by atoms with Crippen LogP contribution in [0.1, 0.15) is 0 Å². The van der Waals surface area contributed by atoms with Crippen molar-refractivity contribution in [2.75, 3.05) is 5.73 Å². The van der Waals surface area contributed by atoms with Crippen LogP contribution < -0.4 is 5.73 Å². The van der Waals surface area contributed by atoms with E-state index in [1.54, 1.807) is 6.07 Å². The number of rotatable bonds is 0. The van der Waals surface area contributed by atoms with E-state index >= 15 is 0 Å². The quantitative estimate of drug-likeness (QED) is 0.442. The number of phenolic OH excluding ortho intramolecular Hbond substituents is 2. The van der Waals surface area contributed by atoms with Crippen molar-refractivity contribution in [1.29, 1.82) is 0 Å². The summed E-state index contributed by atoms with van der Waals surface area (Å²) in [5.41, 5.74) is 5.40. The van der Waals surface area contributed by atoms with Crippen molar-refractivity contribution in [3.63, 3.8) is 0 Å². The third-order valence-corrected chi connectivity index (χ3v) is 1.05. The number of benzene rings is 1.